The molecule has 0 bridgehead atoms. The molecule has 0 unspecified atom stereocenters. The molecule has 1 N–H and O–H groups in total. The Morgan fingerprint density at radius 1 is 1.17 bits per heavy atom. The highest BCUT2D eigenvalue weighted by Gasteiger charge is 2.33. The van der Waals surface area contributed by atoms with E-state index in [1.165, 1.54) is 6.07 Å². The largest absolute Gasteiger partial charge is 0.457 e. The normalized spacial score (nSPS) is 11.2. The third-order valence-corrected chi connectivity index (χ3v) is 3.92. The monoisotopic (exact) mass is 440 g/mol. The Morgan fingerprint density at radius 2 is 1.87 bits per heavy atom. The van der Waals surface area contributed by atoms with Gasteiger partial charge in [-0.1, -0.05) is 11.6 Å². The molecule has 30 heavy (non-hydrogen) atoms. The van der Waals surface area contributed by atoms with Crippen molar-refractivity contribution in [2.75, 3.05) is 5.32 Å². The molecule has 0 atom stereocenters. The lowest BCUT2D eigenvalue weighted by Crippen LogP contribution is -2.19. The third-order valence-electron chi connectivity index (χ3n) is 3.67. The number of benzene rings is 2. The second kappa shape index (κ2) is 8.41. The number of nitrogens with one attached hydrogen (secondary N) is 1. The molecule has 0 aliphatic rings. The van der Waals surface area contributed by atoms with Gasteiger partial charge < -0.3 is 10.1 Å². The Hall–Kier alpha value is -3.60. The van der Waals surface area contributed by atoms with Gasteiger partial charge in [0.15, 0.2) is 5.69 Å². The predicted octanol–water partition coefficient (Wildman–Crippen LogP) is 4.89. The zero-order valence-electron chi connectivity index (χ0n) is 14.9. The van der Waals surface area contributed by atoms with Crippen LogP contribution < -0.4 is 10.1 Å². The third kappa shape index (κ3) is 5.47. The first kappa shape index (κ1) is 21.1. The van der Waals surface area contributed by atoms with Crippen LogP contribution in [0.15, 0.2) is 54.7 Å². The van der Waals surface area contributed by atoms with Crippen molar-refractivity contribution in [3.05, 3.63) is 75.6 Å². The molecule has 3 rings (SSSR count). The average molecular weight is 441 g/mol. The highest BCUT2D eigenvalue weighted by molar-refractivity contribution is 6.30. The van der Waals surface area contributed by atoms with E-state index in [4.69, 9.17) is 16.3 Å². The highest BCUT2D eigenvalue weighted by atomic mass is 35.5. The number of carbonyl (C=O) groups excluding carboxylic acids is 1. The summed E-state index contributed by atoms with van der Waals surface area (Å²) in [6, 6.07) is 10.6. The summed E-state index contributed by atoms with van der Waals surface area (Å²) in [5.41, 5.74) is -1.46. The van der Waals surface area contributed by atoms with Crippen LogP contribution in [0.1, 0.15) is 5.69 Å². The van der Waals surface area contributed by atoms with Crippen molar-refractivity contribution < 1.29 is 27.6 Å². The van der Waals surface area contributed by atoms with E-state index in [0.717, 1.165) is 29.1 Å². The number of alkyl halides is 3. The first-order chi connectivity index (χ1) is 14.1. The molecule has 3 aromatic rings. The first-order valence-corrected chi connectivity index (χ1v) is 8.61. The number of nitro benzene ring substituents is 1. The fraction of sp³-hybridized carbons (Fsp3) is 0.111. The number of anilines is 1. The molecule has 0 aliphatic heterocycles. The number of hydrogen-bond donors (Lipinski definition) is 1. The van der Waals surface area contributed by atoms with Crippen molar-refractivity contribution in [1.82, 2.24) is 9.78 Å². The summed E-state index contributed by atoms with van der Waals surface area (Å²) < 4.78 is 44.1. The lowest BCUT2D eigenvalue weighted by atomic mass is 10.2. The van der Waals surface area contributed by atoms with Crippen molar-refractivity contribution >= 4 is 28.9 Å². The molecule has 0 fully saturated rings. The maximum absolute atomic E-state index is 12.6. The van der Waals surface area contributed by atoms with Crippen LogP contribution in [0.2, 0.25) is 5.02 Å². The van der Waals surface area contributed by atoms with Gasteiger partial charge in [0, 0.05) is 23.4 Å². The van der Waals surface area contributed by atoms with E-state index < -0.39 is 29.2 Å². The van der Waals surface area contributed by atoms with E-state index in [0.29, 0.717) is 10.8 Å². The molecule has 0 radical (unpaired) electrons. The quantitative estimate of drug-likeness (QED) is 0.434. The number of nitrogens with zero attached hydrogens (tertiary/aromatic N) is 3. The minimum atomic E-state index is -4.63. The lowest BCUT2D eigenvalue weighted by Gasteiger charge is -2.10. The summed E-state index contributed by atoms with van der Waals surface area (Å²) in [7, 11) is 0. The molecular formula is C18H12ClF3N4O4. The van der Waals surface area contributed by atoms with Crippen molar-refractivity contribution in [2.24, 2.45) is 0 Å². The maximum Gasteiger partial charge on any atom is 0.435 e. The molecule has 0 spiro atoms. The zero-order valence-corrected chi connectivity index (χ0v) is 15.6. The average Bonchev–Trinajstić information content (AvgIpc) is 3.12. The highest BCUT2D eigenvalue weighted by Crippen LogP contribution is 2.30. The maximum atomic E-state index is 12.6. The molecule has 0 aliphatic carbocycles. The van der Waals surface area contributed by atoms with Crippen molar-refractivity contribution in [3.8, 4) is 11.5 Å². The standard InChI is InChI=1S/C18H12ClF3N4O4/c19-11-1-3-14(4-2-11)30-15-8-12(7-13(9-15)26(28)29)23-17(27)10-25-6-5-16(24-25)18(20,21)22/h1-9H,10H2,(H,23,27). The SMILES string of the molecule is O=C(Cn1ccc(C(F)(F)F)n1)Nc1cc(Oc2ccc(Cl)cc2)cc([N+](=O)[O-])c1. The summed E-state index contributed by atoms with van der Waals surface area (Å²) >= 11 is 5.80. The van der Waals surface area contributed by atoms with Gasteiger partial charge in [0.1, 0.15) is 18.0 Å². The fourth-order valence-electron chi connectivity index (χ4n) is 2.41. The fourth-order valence-corrected chi connectivity index (χ4v) is 2.53. The molecule has 1 heterocycles. The molecule has 1 amide bonds. The van der Waals surface area contributed by atoms with E-state index in [1.54, 1.807) is 24.3 Å². The van der Waals surface area contributed by atoms with Gasteiger partial charge in [-0.15, -0.1) is 0 Å². The number of aromatic nitrogens is 2. The van der Waals surface area contributed by atoms with E-state index in [2.05, 4.69) is 10.4 Å². The second-order valence-corrected chi connectivity index (χ2v) is 6.41. The van der Waals surface area contributed by atoms with E-state index in [9.17, 15) is 28.1 Å². The number of non-ortho nitro benzene ring substituents is 1. The summed E-state index contributed by atoms with van der Waals surface area (Å²) in [6.07, 6.45) is -3.62. The number of amides is 1. The Kier molecular flexibility index (Phi) is 5.92. The van der Waals surface area contributed by atoms with Gasteiger partial charge in [0.2, 0.25) is 5.91 Å². The van der Waals surface area contributed by atoms with E-state index in [1.807, 2.05) is 0 Å². The summed E-state index contributed by atoms with van der Waals surface area (Å²) in [5, 5.41) is 17.3. The molecule has 0 saturated heterocycles. The van der Waals surface area contributed by atoms with Crippen LogP contribution >= 0.6 is 11.6 Å². The number of nitro groups is 1. The molecule has 1 aromatic heterocycles. The molecule has 0 saturated carbocycles. The summed E-state index contributed by atoms with van der Waals surface area (Å²) in [5.74, 6) is -0.307. The van der Waals surface area contributed by atoms with Crippen LogP contribution in [0, 0.1) is 10.1 Å². The Labute approximate surface area is 172 Å². The van der Waals surface area contributed by atoms with Gasteiger partial charge in [0.25, 0.3) is 5.69 Å². The number of ether oxygens (including phenoxy) is 1. The van der Waals surface area contributed by atoms with Crippen LogP contribution in [0.4, 0.5) is 24.5 Å². The van der Waals surface area contributed by atoms with Crippen LogP contribution in [0.3, 0.4) is 0 Å². The van der Waals surface area contributed by atoms with Gasteiger partial charge in [-0.25, -0.2) is 0 Å². The summed E-state index contributed by atoms with van der Waals surface area (Å²) in [4.78, 5) is 22.7. The van der Waals surface area contributed by atoms with Crippen molar-refractivity contribution in [1.29, 1.82) is 0 Å². The van der Waals surface area contributed by atoms with Crippen LogP contribution in [-0.4, -0.2) is 20.6 Å². The number of rotatable bonds is 6. The van der Waals surface area contributed by atoms with Crippen molar-refractivity contribution in [3.63, 3.8) is 0 Å². The zero-order chi connectivity index (χ0) is 21.9. The van der Waals surface area contributed by atoms with Crippen LogP contribution in [-0.2, 0) is 17.5 Å². The van der Waals surface area contributed by atoms with E-state index >= 15 is 0 Å². The predicted molar refractivity (Wildman–Crippen MR) is 100 cm³/mol. The second-order valence-electron chi connectivity index (χ2n) is 5.97. The molecule has 12 heteroatoms. The van der Waals surface area contributed by atoms with Gasteiger partial charge >= 0.3 is 6.18 Å². The molecule has 2 aromatic carbocycles. The van der Waals surface area contributed by atoms with Crippen LogP contribution in [0.25, 0.3) is 0 Å². The van der Waals surface area contributed by atoms with Gasteiger partial charge in [-0.3, -0.25) is 19.6 Å². The Bertz CT molecular complexity index is 1080. The Morgan fingerprint density at radius 3 is 2.47 bits per heavy atom. The number of halogens is 4. The van der Waals surface area contributed by atoms with E-state index in [-0.39, 0.29) is 17.1 Å². The smallest absolute Gasteiger partial charge is 0.435 e. The lowest BCUT2D eigenvalue weighted by molar-refractivity contribution is -0.384. The summed E-state index contributed by atoms with van der Waals surface area (Å²) in [6.45, 7) is -0.522. The van der Waals surface area contributed by atoms with Gasteiger partial charge in [-0.05, 0) is 30.3 Å². The number of carbonyl (C=O) groups is 1. The Balaban J connectivity index is 1.76. The molecule has 8 nitrogen and oxygen atoms in total. The minimum Gasteiger partial charge on any atom is -0.457 e. The first-order valence-electron chi connectivity index (χ1n) is 8.23. The minimum absolute atomic E-state index is 0.0290. The molecule has 156 valence electrons. The van der Waals surface area contributed by atoms with Gasteiger partial charge in [-0.2, -0.15) is 18.3 Å². The number of hydrogen-bond acceptors (Lipinski definition) is 5. The topological polar surface area (TPSA) is 99.3 Å². The van der Waals surface area contributed by atoms with Crippen LogP contribution in [0.5, 0.6) is 11.5 Å². The molecular weight excluding hydrogens is 429 g/mol. The van der Waals surface area contributed by atoms with Gasteiger partial charge in [0.05, 0.1) is 16.7 Å². The van der Waals surface area contributed by atoms with Crippen molar-refractivity contribution in [2.45, 2.75) is 12.7 Å².